The predicted octanol–water partition coefficient (Wildman–Crippen LogP) is 3.85. The Bertz CT molecular complexity index is 872. The SMILES string of the molecule is O=C(NCc1ccncc1)c1ccc(Nc2cc(Cl)ccc2Cl)nn1. The van der Waals surface area contributed by atoms with Gasteiger partial charge in [0.15, 0.2) is 11.5 Å². The lowest BCUT2D eigenvalue weighted by Crippen LogP contribution is -2.24. The lowest BCUT2D eigenvalue weighted by Gasteiger charge is -2.08. The Labute approximate surface area is 154 Å². The van der Waals surface area contributed by atoms with Crippen molar-refractivity contribution in [3.8, 4) is 0 Å². The van der Waals surface area contributed by atoms with Crippen molar-refractivity contribution in [1.82, 2.24) is 20.5 Å². The zero-order valence-electron chi connectivity index (χ0n) is 12.9. The largest absolute Gasteiger partial charge is 0.347 e. The first-order chi connectivity index (χ1) is 12.1. The number of rotatable bonds is 5. The molecule has 0 saturated carbocycles. The van der Waals surface area contributed by atoms with Gasteiger partial charge in [0.2, 0.25) is 0 Å². The molecule has 0 atom stereocenters. The molecular weight excluding hydrogens is 361 g/mol. The summed E-state index contributed by atoms with van der Waals surface area (Å²) in [5.41, 5.74) is 1.78. The number of anilines is 2. The molecule has 0 unspecified atom stereocenters. The molecule has 6 nitrogen and oxygen atoms in total. The number of nitrogens with one attached hydrogen (secondary N) is 2. The molecule has 2 aromatic heterocycles. The molecule has 1 amide bonds. The van der Waals surface area contributed by atoms with E-state index in [-0.39, 0.29) is 11.6 Å². The summed E-state index contributed by atoms with van der Waals surface area (Å²) in [5.74, 6) is 0.145. The molecule has 0 spiro atoms. The molecule has 2 N–H and O–H groups in total. The van der Waals surface area contributed by atoms with Gasteiger partial charge >= 0.3 is 0 Å². The van der Waals surface area contributed by atoms with Crippen LogP contribution in [0.4, 0.5) is 11.5 Å². The van der Waals surface area contributed by atoms with Crippen LogP contribution in [0.5, 0.6) is 0 Å². The second-order valence-electron chi connectivity index (χ2n) is 5.09. The summed E-state index contributed by atoms with van der Waals surface area (Å²) >= 11 is 12.0. The lowest BCUT2D eigenvalue weighted by molar-refractivity contribution is 0.0945. The van der Waals surface area contributed by atoms with Gasteiger partial charge in [-0.2, -0.15) is 0 Å². The molecule has 3 aromatic rings. The summed E-state index contributed by atoms with van der Waals surface area (Å²) in [6.45, 7) is 0.390. The summed E-state index contributed by atoms with van der Waals surface area (Å²) in [7, 11) is 0. The summed E-state index contributed by atoms with van der Waals surface area (Å²) in [5, 5.41) is 14.7. The zero-order valence-corrected chi connectivity index (χ0v) is 14.4. The van der Waals surface area contributed by atoms with E-state index in [2.05, 4.69) is 25.8 Å². The number of halogens is 2. The molecule has 0 saturated heterocycles. The van der Waals surface area contributed by atoms with Crippen LogP contribution in [0.15, 0.2) is 54.9 Å². The van der Waals surface area contributed by atoms with E-state index in [1.54, 1.807) is 42.7 Å². The van der Waals surface area contributed by atoms with Crippen LogP contribution in [-0.2, 0) is 6.54 Å². The van der Waals surface area contributed by atoms with Crippen molar-refractivity contribution >= 4 is 40.6 Å². The molecule has 0 radical (unpaired) electrons. The van der Waals surface area contributed by atoms with Gasteiger partial charge in [0, 0.05) is 24.0 Å². The van der Waals surface area contributed by atoms with Gasteiger partial charge in [0.1, 0.15) is 0 Å². The van der Waals surface area contributed by atoms with E-state index >= 15 is 0 Å². The van der Waals surface area contributed by atoms with E-state index in [9.17, 15) is 4.79 Å². The average Bonchev–Trinajstić information content (AvgIpc) is 2.64. The minimum Gasteiger partial charge on any atom is -0.347 e. The molecule has 0 fully saturated rings. The molecule has 0 aliphatic heterocycles. The standard InChI is InChI=1S/C17H13Cl2N5O/c18-12-1-2-13(19)15(9-12)22-16-4-3-14(23-24-16)17(25)21-10-11-5-7-20-8-6-11/h1-9H,10H2,(H,21,25)(H,22,24). The Morgan fingerprint density at radius 3 is 2.52 bits per heavy atom. The Morgan fingerprint density at radius 1 is 1.00 bits per heavy atom. The van der Waals surface area contributed by atoms with Crippen molar-refractivity contribution in [3.05, 3.63) is 76.2 Å². The molecule has 0 aliphatic rings. The number of pyridine rings is 1. The molecule has 0 bridgehead atoms. The molecule has 25 heavy (non-hydrogen) atoms. The smallest absolute Gasteiger partial charge is 0.272 e. The number of carbonyl (C=O) groups excluding carboxylic acids is 1. The molecule has 2 heterocycles. The van der Waals surface area contributed by atoms with Crippen LogP contribution < -0.4 is 10.6 Å². The van der Waals surface area contributed by atoms with E-state index in [1.165, 1.54) is 0 Å². The van der Waals surface area contributed by atoms with Crippen molar-refractivity contribution < 1.29 is 4.79 Å². The molecule has 3 rings (SSSR count). The first kappa shape index (κ1) is 17.1. The third-order valence-corrected chi connectivity index (χ3v) is 3.86. The average molecular weight is 374 g/mol. The van der Waals surface area contributed by atoms with Crippen LogP contribution in [0.2, 0.25) is 10.0 Å². The minimum atomic E-state index is -0.309. The summed E-state index contributed by atoms with van der Waals surface area (Å²) in [4.78, 5) is 16.0. The Balaban J connectivity index is 1.63. The number of carbonyl (C=O) groups is 1. The number of amides is 1. The van der Waals surface area contributed by atoms with Crippen molar-refractivity contribution in [2.24, 2.45) is 0 Å². The monoisotopic (exact) mass is 373 g/mol. The molecular formula is C17H13Cl2N5O. The number of aromatic nitrogens is 3. The molecule has 8 heteroatoms. The van der Waals surface area contributed by atoms with Crippen molar-refractivity contribution in [2.45, 2.75) is 6.54 Å². The van der Waals surface area contributed by atoms with Gasteiger partial charge in [0.05, 0.1) is 10.7 Å². The van der Waals surface area contributed by atoms with Crippen LogP contribution in [0, 0.1) is 0 Å². The zero-order chi connectivity index (χ0) is 17.6. The number of hydrogen-bond acceptors (Lipinski definition) is 5. The first-order valence-corrected chi connectivity index (χ1v) is 8.10. The fourth-order valence-corrected chi connectivity index (χ4v) is 2.36. The Hall–Kier alpha value is -2.70. The van der Waals surface area contributed by atoms with E-state index in [4.69, 9.17) is 23.2 Å². The minimum absolute atomic E-state index is 0.219. The maximum absolute atomic E-state index is 12.1. The quantitative estimate of drug-likeness (QED) is 0.709. The topological polar surface area (TPSA) is 79.8 Å². The highest BCUT2D eigenvalue weighted by Gasteiger charge is 2.09. The molecule has 1 aromatic carbocycles. The van der Waals surface area contributed by atoms with Crippen molar-refractivity contribution in [3.63, 3.8) is 0 Å². The second-order valence-corrected chi connectivity index (χ2v) is 5.93. The highest BCUT2D eigenvalue weighted by atomic mass is 35.5. The van der Waals surface area contributed by atoms with Gasteiger partial charge in [0.25, 0.3) is 5.91 Å². The molecule has 126 valence electrons. The van der Waals surface area contributed by atoms with Gasteiger partial charge in [-0.1, -0.05) is 23.2 Å². The van der Waals surface area contributed by atoms with E-state index < -0.39 is 0 Å². The molecule has 0 aliphatic carbocycles. The highest BCUT2D eigenvalue weighted by Crippen LogP contribution is 2.27. The number of hydrogen-bond donors (Lipinski definition) is 2. The Kier molecular flexibility index (Phi) is 5.42. The summed E-state index contributed by atoms with van der Waals surface area (Å²) in [6.07, 6.45) is 3.34. The lowest BCUT2D eigenvalue weighted by atomic mass is 10.2. The van der Waals surface area contributed by atoms with Gasteiger partial charge < -0.3 is 10.6 Å². The Morgan fingerprint density at radius 2 is 1.80 bits per heavy atom. The maximum atomic E-state index is 12.1. The van der Waals surface area contributed by atoms with Crippen LogP contribution in [0.3, 0.4) is 0 Å². The third-order valence-electron chi connectivity index (χ3n) is 3.29. The van der Waals surface area contributed by atoms with Crippen LogP contribution in [0.1, 0.15) is 16.1 Å². The number of benzene rings is 1. The van der Waals surface area contributed by atoms with Crippen LogP contribution in [0.25, 0.3) is 0 Å². The number of nitrogens with zero attached hydrogens (tertiary/aromatic N) is 3. The normalized spacial score (nSPS) is 10.3. The van der Waals surface area contributed by atoms with Crippen LogP contribution >= 0.6 is 23.2 Å². The maximum Gasteiger partial charge on any atom is 0.272 e. The van der Waals surface area contributed by atoms with E-state index in [1.807, 2.05) is 12.1 Å². The predicted molar refractivity (Wildman–Crippen MR) is 97.2 cm³/mol. The van der Waals surface area contributed by atoms with Gasteiger partial charge in [-0.3, -0.25) is 9.78 Å². The summed E-state index contributed by atoms with van der Waals surface area (Å²) < 4.78 is 0. The highest BCUT2D eigenvalue weighted by molar-refractivity contribution is 6.35. The van der Waals surface area contributed by atoms with Crippen molar-refractivity contribution in [1.29, 1.82) is 0 Å². The fraction of sp³-hybridized carbons (Fsp3) is 0.0588. The second kappa shape index (κ2) is 7.92. The third kappa shape index (κ3) is 4.65. The van der Waals surface area contributed by atoms with Gasteiger partial charge in [-0.15, -0.1) is 10.2 Å². The van der Waals surface area contributed by atoms with Gasteiger partial charge in [-0.05, 0) is 48.0 Å². The van der Waals surface area contributed by atoms with Crippen LogP contribution in [-0.4, -0.2) is 21.1 Å². The first-order valence-electron chi connectivity index (χ1n) is 7.35. The van der Waals surface area contributed by atoms with E-state index in [0.29, 0.717) is 28.1 Å². The van der Waals surface area contributed by atoms with Crippen molar-refractivity contribution in [2.75, 3.05) is 5.32 Å². The van der Waals surface area contributed by atoms with E-state index in [0.717, 1.165) is 5.56 Å². The van der Waals surface area contributed by atoms with Gasteiger partial charge in [-0.25, -0.2) is 0 Å². The fourth-order valence-electron chi connectivity index (χ4n) is 2.02. The summed E-state index contributed by atoms with van der Waals surface area (Å²) in [6, 6.07) is 11.9.